The Hall–Kier alpha value is -1.21. The normalized spacial score (nSPS) is 35.4. The summed E-state index contributed by atoms with van der Waals surface area (Å²) in [6.07, 6.45) is 10.3. The lowest BCUT2D eigenvalue weighted by Crippen LogP contribution is -2.56. The van der Waals surface area contributed by atoms with E-state index < -0.39 is 0 Å². The summed E-state index contributed by atoms with van der Waals surface area (Å²) in [5.74, 6) is 2.90. The molecule has 2 N–H and O–H groups in total. The summed E-state index contributed by atoms with van der Waals surface area (Å²) >= 11 is 5.63. The van der Waals surface area contributed by atoms with Gasteiger partial charge in [0.15, 0.2) is 0 Å². The molecule has 0 radical (unpaired) electrons. The van der Waals surface area contributed by atoms with E-state index in [2.05, 4.69) is 17.6 Å². The van der Waals surface area contributed by atoms with Crippen molar-refractivity contribution in [3.05, 3.63) is 11.8 Å². The van der Waals surface area contributed by atoms with Crippen molar-refractivity contribution in [2.75, 3.05) is 12.4 Å². The average Bonchev–Trinajstić information content (AvgIpc) is 2.53. The van der Waals surface area contributed by atoms with E-state index >= 15 is 0 Å². The van der Waals surface area contributed by atoms with E-state index in [0.717, 1.165) is 24.2 Å². The van der Waals surface area contributed by atoms with Crippen LogP contribution in [0.2, 0.25) is 0 Å². The van der Waals surface area contributed by atoms with Crippen LogP contribution in [0, 0.1) is 34.5 Å². The highest BCUT2D eigenvalue weighted by Crippen LogP contribution is 2.61. The van der Waals surface area contributed by atoms with E-state index in [-0.39, 0.29) is 22.9 Å². The molecule has 1 unspecified atom stereocenters. The van der Waals surface area contributed by atoms with Crippen LogP contribution in [-0.2, 0) is 4.79 Å². The number of carbonyl (C=O) groups excluding carboxylic acids is 1. The molecule has 4 aliphatic rings. The zero-order valence-corrected chi connectivity index (χ0v) is 15.2. The molecule has 0 heterocycles. The third kappa shape index (κ3) is 3.57. The maximum absolute atomic E-state index is 12.5. The molecule has 1 atom stereocenters. The predicted octanol–water partition coefficient (Wildman–Crippen LogP) is 3.33. The van der Waals surface area contributed by atoms with Gasteiger partial charge in [0.1, 0.15) is 11.6 Å². The first-order valence-electron chi connectivity index (χ1n) is 9.27. The second-order valence-corrected chi connectivity index (χ2v) is 8.52. The number of amides is 1. The van der Waals surface area contributed by atoms with Gasteiger partial charge in [-0.2, -0.15) is 5.26 Å². The monoisotopic (exact) mass is 349 g/mol. The number of hydrogen-bond acceptors (Lipinski definition) is 3. The quantitative estimate of drug-likeness (QED) is 0.320. The Labute approximate surface area is 150 Å². The number of carbonyl (C=O) groups is 1. The van der Waals surface area contributed by atoms with E-state index in [9.17, 15) is 10.1 Å². The highest BCUT2D eigenvalue weighted by Gasteiger charge is 2.53. The van der Waals surface area contributed by atoms with Gasteiger partial charge < -0.3 is 10.6 Å². The van der Waals surface area contributed by atoms with E-state index in [1.54, 1.807) is 0 Å². The first kappa shape index (κ1) is 17.6. The van der Waals surface area contributed by atoms with Crippen LogP contribution >= 0.6 is 11.6 Å². The largest absolute Gasteiger partial charge is 0.390 e. The van der Waals surface area contributed by atoms with Crippen molar-refractivity contribution in [1.82, 2.24) is 10.6 Å². The summed E-state index contributed by atoms with van der Waals surface area (Å²) in [6.45, 7) is 2.81. The average molecular weight is 350 g/mol. The van der Waals surface area contributed by atoms with Crippen molar-refractivity contribution in [2.24, 2.45) is 23.2 Å². The van der Waals surface area contributed by atoms with Crippen LogP contribution in [-0.4, -0.2) is 24.4 Å². The molecule has 1 amide bonds. The van der Waals surface area contributed by atoms with Crippen molar-refractivity contribution in [1.29, 1.82) is 5.26 Å². The number of rotatable bonds is 7. The molecule has 0 aromatic carbocycles. The van der Waals surface area contributed by atoms with E-state index in [1.807, 2.05) is 6.07 Å². The number of nitrogens with zero attached hydrogens (tertiary/aromatic N) is 1. The van der Waals surface area contributed by atoms with E-state index in [4.69, 9.17) is 11.6 Å². The molecule has 0 aliphatic heterocycles. The van der Waals surface area contributed by atoms with Crippen LogP contribution < -0.4 is 10.6 Å². The van der Waals surface area contributed by atoms with Gasteiger partial charge in [0.2, 0.25) is 0 Å². The molecule has 5 heteroatoms. The Kier molecular flexibility index (Phi) is 5.39. The fraction of sp³-hybridized carbons (Fsp3) is 0.789. The van der Waals surface area contributed by atoms with Gasteiger partial charge in [0, 0.05) is 24.7 Å². The van der Waals surface area contributed by atoms with Crippen LogP contribution in [0.5, 0.6) is 0 Å². The number of nitriles is 1. The number of hydrogen-bond donors (Lipinski definition) is 2. The van der Waals surface area contributed by atoms with Gasteiger partial charge in [-0.05, 0) is 75.0 Å². The maximum Gasteiger partial charge on any atom is 0.263 e. The molecule has 0 spiro atoms. The molecule has 4 fully saturated rings. The highest BCUT2D eigenvalue weighted by atomic mass is 35.5. The van der Waals surface area contributed by atoms with Gasteiger partial charge in [0.25, 0.3) is 5.91 Å². The lowest BCUT2D eigenvalue weighted by molar-refractivity contribution is -0.122. The second-order valence-electron chi connectivity index (χ2n) is 8.14. The van der Waals surface area contributed by atoms with Crippen LogP contribution in [0.4, 0.5) is 0 Å². The van der Waals surface area contributed by atoms with Crippen molar-refractivity contribution >= 4 is 17.5 Å². The standard InChI is InChI=1S/C19H28ClN3O/c1-13(23-18(24)17(11-21)12-22-4-2-3-20)19-8-14-5-15(9-19)7-16(6-14)10-19/h12-16,22H,2-10H2,1H3,(H,23,24)/b17-12-. The maximum atomic E-state index is 12.5. The SMILES string of the molecule is CC(NC(=O)/C(C#N)=C\NCCCCl)C12CC3CC(CC(C3)C1)C2. The lowest BCUT2D eigenvalue weighted by Gasteiger charge is -2.59. The van der Waals surface area contributed by atoms with Crippen molar-refractivity contribution in [2.45, 2.75) is 57.9 Å². The molecule has 0 saturated heterocycles. The Morgan fingerprint density at radius 2 is 1.88 bits per heavy atom. The van der Waals surface area contributed by atoms with Gasteiger partial charge in [0.05, 0.1) is 0 Å². The van der Waals surface area contributed by atoms with E-state index in [0.29, 0.717) is 12.4 Å². The van der Waals surface area contributed by atoms with Crippen LogP contribution in [0.15, 0.2) is 11.8 Å². The van der Waals surface area contributed by atoms with E-state index in [1.165, 1.54) is 44.7 Å². The van der Waals surface area contributed by atoms with Crippen LogP contribution in [0.1, 0.15) is 51.9 Å². The molecule has 132 valence electrons. The van der Waals surface area contributed by atoms with Crippen molar-refractivity contribution in [3.8, 4) is 6.07 Å². The Bertz CT molecular complexity index is 516. The smallest absolute Gasteiger partial charge is 0.263 e. The zero-order chi connectivity index (χ0) is 17.2. The Morgan fingerprint density at radius 3 is 2.38 bits per heavy atom. The summed E-state index contributed by atoms with van der Waals surface area (Å²) in [4.78, 5) is 12.5. The molecular formula is C19H28ClN3O. The summed E-state index contributed by atoms with van der Waals surface area (Å²) in [5.41, 5.74) is 0.415. The van der Waals surface area contributed by atoms with Gasteiger partial charge in [-0.25, -0.2) is 0 Å². The molecule has 0 aromatic heterocycles. The molecule has 4 rings (SSSR count). The van der Waals surface area contributed by atoms with Crippen molar-refractivity contribution < 1.29 is 4.79 Å². The summed E-state index contributed by atoms with van der Waals surface area (Å²) < 4.78 is 0. The Balaban J connectivity index is 1.60. The van der Waals surface area contributed by atoms with Crippen molar-refractivity contribution in [3.63, 3.8) is 0 Å². The molecule has 0 aromatic rings. The van der Waals surface area contributed by atoms with Gasteiger partial charge in [-0.1, -0.05) is 0 Å². The topological polar surface area (TPSA) is 64.9 Å². The first-order chi connectivity index (χ1) is 11.6. The summed E-state index contributed by atoms with van der Waals surface area (Å²) in [7, 11) is 0. The van der Waals surface area contributed by atoms with Crippen LogP contribution in [0.3, 0.4) is 0 Å². The van der Waals surface area contributed by atoms with Gasteiger partial charge in [-0.3, -0.25) is 4.79 Å². The fourth-order valence-corrected chi connectivity index (χ4v) is 5.76. The zero-order valence-electron chi connectivity index (χ0n) is 14.5. The minimum atomic E-state index is -0.251. The highest BCUT2D eigenvalue weighted by molar-refractivity contribution is 6.17. The number of alkyl halides is 1. The second kappa shape index (κ2) is 7.35. The number of nitrogens with one attached hydrogen (secondary N) is 2. The first-order valence-corrected chi connectivity index (χ1v) is 9.80. The summed E-state index contributed by atoms with van der Waals surface area (Å²) in [5, 5.41) is 15.4. The molecule has 4 aliphatic carbocycles. The minimum absolute atomic E-state index is 0.137. The third-order valence-electron chi connectivity index (χ3n) is 6.42. The lowest BCUT2D eigenvalue weighted by atomic mass is 9.48. The third-order valence-corrected chi connectivity index (χ3v) is 6.69. The van der Waals surface area contributed by atoms with Crippen LogP contribution in [0.25, 0.3) is 0 Å². The van der Waals surface area contributed by atoms with Gasteiger partial charge in [-0.15, -0.1) is 11.6 Å². The van der Waals surface area contributed by atoms with Gasteiger partial charge >= 0.3 is 0 Å². The molecule has 24 heavy (non-hydrogen) atoms. The predicted molar refractivity (Wildman–Crippen MR) is 95.2 cm³/mol. The molecule has 4 nitrogen and oxygen atoms in total. The Morgan fingerprint density at radius 1 is 1.29 bits per heavy atom. The molecular weight excluding hydrogens is 322 g/mol. The summed E-state index contributed by atoms with van der Waals surface area (Å²) in [6, 6.07) is 2.15. The number of halogens is 1. The molecule has 4 saturated carbocycles. The molecule has 4 bridgehead atoms. The minimum Gasteiger partial charge on any atom is -0.390 e. The fourth-order valence-electron chi connectivity index (χ4n) is 5.63.